The van der Waals surface area contributed by atoms with Gasteiger partial charge in [-0.05, 0) is 74.1 Å². The third-order valence-corrected chi connectivity index (χ3v) is 9.16. The molecule has 1 aromatic rings. The molecular formula is C33H44N4S. The van der Waals surface area contributed by atoms with Crippen LogP contribution in [0.5, 0.6) is 0 Å². The third kappa shape index (κ3) is 5.36. The van der Waals surface area contributed by atoms with Gasteiger partial charge in [0.15, 0.2) is 0 Å². The Morgan fingerprint density at radius 1 is 1.26 bits per heavy atom. The minimum absolute atomic E-state index is 0.191. The van der Waals surface area contributed by atoms with Crippen molar-refractivity contribution in [2.45, 2.75) is 72.4 Å². The number of thioether (sulfide) groups is 1. The first kappa shape index (κ1) is 28.2. The highest BCUT2D eigenvalue weighted by Crippen LogP contribution is 2.41. The lowest BCUT2D eigenvalue weighted by atomic mass is 9.84. The summed E-state index contributed by atoms with van der Waals surface area (Å²) in [7, 11) is 0. The van der Waals surface area contributed by atoms with Crippen molar-refractivity contribution in [3.05, 3.63) is 89.2 Å². The second-order valence-electron chi connectivity index (χ2n) is 11.3. The quantitative estimate of drug-likeness (QED) is 0.334. The van der Waals surface area contributed by atoms with Crippen LogP contribution >= 0.6 is 11.8 Å². The van der Waals surface area contributed by atoms with Crippen LogP contribution in [0.4, 0.5) is 0 Å². The van der Waals surface area contributed by atoms with Crippen LogP contribution in [0.25, 0.3) is 4.91 Å². The molecule has 1 fully saturated rings. The van der Waals surface area contributed by atoms with Gasteiger partial charge in [0.25, 0.3) is 0 Å². The van der Waals surface area contributed by atoms with Crippen LogP contribution in [0.1, 0.15) is 71.9 Å². The number of hydrogen-bond donors (Lipinski definition) is 1. The first-order chi connectivity index (χ1) is 18.1. The second-order valence-corrected chi connectivity index (χ2v) is 12.3. The lowest BCUT2D eigenvalue weighted by molar-refractivity contribution is 0.311. The van der Waals surface area contributed by atoms with Crippen molar-refractivity contribution in [3.8, 4) is 0 Å². The summed E-state index contributed by atoms with van der Waals surface area (Å²) in [5.74, 6) is 1.77. The fourth-order valence-electron chi connectivity index (χ4n) is 6.01. The van der Waals surface area contributed by atoms with E-state index in [9.17, 15) is 0 Å². The van der Waals surface area contributed by atoms with Crippen LogP contribution in [-0.4, -0.2) is 35.6 Å². The molecule has 3 atom stereocenters. The Hall–Kier alpha value is -2.79. The van der Waals surface area contributed by atoms with Gasteiger partial charge in [-0.2, -0.15) is 0 Å². The molecule has 3 unspecified atom stereocenters. The minimum Gasteiger partial charge on any atom is -0.365 e. The molecule has 1 saturated heterocycles. The van der Waals surface area contributed by atoms with E-state index in [0.29, 0.717) is 11.8 Å². The van der Waals surface area contributed by atoms with Gasteiger partial charge in [-0.3, -0.25) is 9.98 Å². The second kappa shape index (κ2) is 11.5. The van der Waals surface area contributed by atoms with Crippen molar-refractivity contribution in [1.29, 1.82) is 0 Å². The number of hydrogen-bond acceptors (Lipinski definition) is 5. The summed E-state index contributed by atoms with van der Waals surface area (Å²) < 4.78 is 0. The monoisotopic (exact) mass is 528 g/mol. The van der Waals surface area contributed by atoms with E-state index in [2.05, 4.69) is 102 Å². The highest BCUT2D eigenvalue weighted by Gasteiger charge is 2.42. The first-order valence-corrected chi connectivity index (χ1v) is 14.8. The number of nitrogens with zero attached hydrogens (tertiary/aromatic N) is 3. The van der Waals surface area contributed by atoms with Gasteiger partial charge in [-0.15, -0.1) is 0 Å². The first-order valence-electron chi connectivity index (χ1n) is 13.9. The molecule has 38 heavy (non-hydrogen) atoms. The molecule has 4 rings (SSSR count). The molecule has 1 N–H and O–H groups in total. The Balaban J connectivity index is 1.59. The molecule has 3 aliphatic heterocycles. The number of amidine groups is 1. The molecule has 0 aliphatic carbocycles. The highest BCUT2D eigenvalue weighted by atomic mass is 32.2. The summed E-state index contributed by atoms with van der Waals surface area (Å²) in [6.07, 6.45) is 5.49. The molecule has 0 radical (unpaired) electrons. The van der Waals surface area contributed by atoms with E-state index in [1.807, 2.05) is 5.41 Å². The maximum atomic E-state index is 5.31. The van der Waals surface area contributed by atoms with Crippen LogP contribution in [0.2, 0.25) is 0 Å². The van der Waals surface area contributed by atoms with E-state index < -0.39 is 5.54 Å². The molecule has 202 valence electrons. The smallest absolute Gasteiger partial charge is 0.125 e. The summed E-state index contributed by atoms with van der Waals surface area (Å²) in [5.41, 5.74) is 7.86. The molecule has 0 aromatic heterocycles. The van der Waals surface area contributed by atoms with E-state index in [4.69, 9.17) is 9.98 Å². The summed E-state index contributed by atoms with van der Waals surface area (Å²) >= 11 is 1.67. The van der Waals surface area contributed by atoms with Gasteiger partial charge in [0.1, 0.15) is 11.4 Å². The Kier molecular flexibility index (Phi) is 8.56. The van der Waals surface area contributed by atoms with Crippen molar-refractivity contribution in [2.75, 3.05) is 13.1 Å². The zero-order chi connectivity index (χ0) is 27.6. The van der Waals surface area contributed by atoms with Gasteiger partial charge in [0, 0.05) is 34.5 Å². The predicted molar refractivity (Wildman–Crippen MR) is 167 cm³/mol. The van der Waals surface area contributed by atoms with Crippen molar-refractivity contribution in [2.24, 2.45) is 21.8 Å². The summed E-state index contributed by atoms with van der Waals surface area (Å²) in [5, 5.41) is 5.50. The van der Waals surface area contributed by atoms with E-state index >= 15 is 0 Å². The number of aliphatic imine (C=N–C) groups is 2. The Morgan fingerprint density at radius 3 is 2.55 bits per heavy atom. The maximum absolute atomic E-state index is 5.31. The summed E-state index contributed by atoms with van der Waals surface area (Å²) in [6.45, 7) is 28.0. The van der Waals surface area contributed by atoms with Gasteiger partial charge in [-0.25, -0.2) is 0 Å². The summed E-state index contributed by atoms with van der Waals surface area (Å²) in [6, 6.07) is 8.97. The van der Waals surface area contributed by atoms with Gasteiger partial charge >= 0.3 is 0 Å². The van der Waals surface area contributed by atoms with Gasteiger partial charge < -0.3 is 10.2 Å². The molecular weight excluding hydrogens is 484 g/mol. The lowest BCUT2D eigenvalue weighted by Crippen LogP contribution is -2.42. The van der Waals surface area contributed by atoms with E-state index in [0.717, 1.165) is 49.4 Å². The molecule has 0 saturated carbocycles. The van der Waals surface area contributed by atoms with Gasteiger partial charge in [-0.1, -0.05) is 82.1 Å². The third-order valence-electron chi connectivity index (χ3n) is 8.12. The maximum Gasteiger partial charge on any atom is 0.125 e. The molecule has 3 aliphatic rings. The number of allylic oxidation sites excluding steroid dienone is 3. The fourth-order valence-corrected chi connectivity index (χ4v) is 6.69. The highest BCUT2D eigenvalue weighted by molar-refractivity contribution is 8.10. The average molecular weight is 529 g/mol. The predicted octanol–water partition coefficient (Wildman–Crippen LogP) is 8.09. The topological polar surface area (TPSA) is 40.0 Å². The molecule has 0 amide bonds. The minimum atomic E-state index is -0.504. The van der Waals surface area contributed by atoms with Crippen molar-refractivity contribution in [3.63, 3.8) is 0 Å². The molecule has 1 aromatic carbocycles. The molecule has 5 heteroatoms. The van der Waals surface area contributed by atoms with Crippen LogP contribution in [0, 0.1) is 11.8 Å². The zero-order valence-electron chi connectivity index (χ0n) is 24.1. The Bertz CT molecular complexity index is 1230. The van der Waals surface area contributed by atoms with E-state index in [1.54, 1.807) is 11.8 Å². The SMILES string of the molecule is C=CSC(=C(C)C)c1ccc(C2(C)N=C(C3CCCN3C(=C)C(C3=CC(CC)=NC3)C(C)C)NC2=C)cc1. The average Bonchev–Trinajstić information content (AvgIpc) is 3.62. The Morgan fingerprint density at radius 2 is 1.97 bits per heavy atom. The number of likely N-dealkylation sites (tertiary alicyclic amines) is 1. The van der Waals surface area contributed by atoms with E-state index in [-0.39, 0.29) is 6.04 Å². The zero-order valence-corrected chi connectivity index (χ0v) is 24.9. The Labute approximate surface area is 234 Å². The molecule has 0 bridgehead atoms. The van der Waals surface area contributed by atoms with E-state index in [1.165, 1.54) is 33.0 Å². The van der Waals surface area contributed by atoms with Crippen LogP contribution in [0.15, 0.2) is 88.0 Å². The molecule has 4 nitrogen and oxygen atoms in total. The van der Waals surface area contributed by atoms with Crippen molar-refractivity contribution >= 4 is 28.2 Å². The lowest BCUT2D eigenvalue weighted by Gasteiger charge is -2.35. The number of rotatable bonds is 10. The van der Waals surface area contributed by atoms with Crippen LogP contribution < -0.4 is 5.32 Å². The number of benzene rings is 1. The molecule has 3 heterocycles. The van der Waals surface area contributed by atoms with Crippen molar-refractivity contribution in [1.82, 2.24) is 10.2 Å². The van der Waals surface area contributed by atoms with Gasteiger partial charge in [0.2, 0.25) is 0 Å². The van der Waals surface area contributed by atoms with Crippen molar-refractivity contribution < 1.29 is 0 Å². The standard InChI is InChI=1S/C33H44N4S/c1-10-28-19-26(20-34-28)30(21(3)4)23(7)37-18-12-13-29(37)32-35-24(8)33(9,36-32)27-16-14-25(15-17-27)31(22(5)6)38-11-2/h11,14-17,19,21,29-30H,2,7-8,10,12-13,18,20H2,1,3-6,9H3,(H,35,36). The molecule has 0 spiro atoms. The van der Waals surface area contributed by atoms with Crippen LogP contribution in [-0.2, 0) is 5.54 Å². The largest absolute Gasteiger partial charge is 0.365 e. The summed E-state index contributed by atoms with van der Waals surface area (Å²) in [4.78, 5) is 13.8. The number of nitrogens with one attached hydrogen (secondary N) is 1. The normalized spacial score (nSPS) is 23.7. The fraction of sp³-hybridized carbons (Fsp3) is 0.455. The van der Waals surface area contributed by atoms with Crippen LogP contribution in [0.3, 0.4) is 0 Å². The van der Waals surface area contributed by atoms with Gasteiger partial charge in [0.05, 0.1) is 12.6 Å².